The molecule has 0 aliphatic heterocycles. The number of fused-ring (bicyclic) bond motifs is 1. The van der Waals surface area contributed by atoms with Crippen molar-refractivity contribution >= 4 is 26.8 Å². The number of hydrogen-bond acceptors (Lipinski definition) is 1. The maximum Gasteiger partial charge on any atom is 0.0623 e. The number of hydrogen-bond donors (Lipinski definition) is 2. The highest BCUT2D eigenvalue weighted by Gasteiger charge is 2.49. The van der Waals surface area contributed by atoms with Crippen LogP contribution >= 0.6 is 15.9 Å². The first-order valence-corrected chi connectivity index (χ1v) is 6.38. The Morgan fingerprint density at radius 2 is 2.12 bits per heavy atom. The highest BCUT2D eigenvalue weighted by molar-refractivity contribution is 9.10. The fourth-order valence-corrected chi connectivity index (χ4v) is 2.80. The van der Waals surface area contributed by atoms with Gasteiger partial charge < -0.3 is 10.1 Å². The molecule has 1 fully saturated rings. The van der Waals surface area contributed by atoms with Gasteiger partial charge >= 0.3 is 0 Å². The van der Waals surface area contributed by atoms with Crippen molar-refractivity contribution in [3.63, 3.8) is 0 Å². The van der Waals surface area contributed by atoms with Gasteiger partial charge in [-0.15, -0.1) is 0 Å². The van der Waals surface area contributed by atoms with Crippen molar-refractivity contribution in [2.45, 2.75) is 31.3 Å². The van der Waals surface area contributed by atoms with Gasteiger partial charge in [0.1, 0.15) is 0 Å². The summed E-state index contributed by atoms with van der Waals surface area (Å²) in [7, 11) is 0. The number of aromatic amines is 1. The third-order valence-electron chi connectivity index (χ3n) is 3.71. The highest BCUT2D eigenvalue weighted by atomic mass is 79.9. The second-order valence-electron chi connectivity index (χ2n) is 4.75. The largest absolute Gasteiger partial charge is 0.392 e. The lowest BCUT2D eigenvalue weighted by Crippen LogP contribution is -2.22. The third-order valence-corrected chi connectivity index (χ3v) is 4.20. The smallest absolute Gasteiger partial charge is 0.0623 e. The van der Waals surface area contributed by atoms with Crippen molar-refractivity contribution in [2.24, 2.45) is 0 Å². The summed E-state index contributed by atoms with van der Waals surface area (Å²) in [5, 5.41) is 11.1. The standard InChI is InChI=1S/C13H14BrNO/c1-8(16)13(4-5-13)12-7-9-6-10(14)2-3-11(9)15-12/h2-3,6-8,15-16H,4-5H2,1H3. The monoisotopic (exact) mass is 279 g/mol. The van der Waals surface area contributed by atoms with Crippen LogP contribution in [0.4, 0.5) is 0 Å². The molecule has 1 aliphatic carbocycles. The van der Waals surface area contributed by atoms with Gasteiger partial charge in [0.05, 0.1) is 6.10 Å². The van der Waals surface area contributed by atoms with E-state index < -0.39 is 0 Å². The maximum atomic E-state index is 9.85. The number of halogens is 1. The Morgan fingerprint density at radius 3 is 2.75 bits per heavy atom. The van der Waals surface area contributed by atoms with Crippen LogP contribution in [0.15, 0.2) is 28.7 Å². The zero-order valence-electron chi connectivity index (χ0n) is 9.13. The SMILES string of the molecule is CC(O)C1(c2cc3cc(Br)ccc3[nH]2)CC1. The third kappa shape index (κ3) is 1.42. The van der Waals surface area contributed by atoms with Gasteiger partial charge in [-0.2, -0.15) is 0 Å². The molecule has 1 aliphatic rings. The summed E-state index contributed by atoms with van der Waals surface area (Å²) in [6, 6.07) is 8.37. The molecule has 1 aromatic heterocycles. The maximum absolute atomic E-state index is 9.85. The Kier molecular flexibility index (Phi) is 2.17. The lowest BCUT2D eigenvalue weighted by Gasteiger charge is -2.16. The molecule has 16 heavy (non-hydrogen) atoms. The van der Waals surface area contributed by atoms with Crippen molar-refractivity contribution in [1.29, 1.82) is 0 Å². The minimum atomic E-state index is -0.274. The van der Waals surface area contributed by atoms with Crippen molar-refractivity contribution in [2.75, 3.05) is 0 Å². The number of nitrogens with one attached hydrogen (secondary N) is 1. The summed E-state index contributed by atoms with van der Waals surface area (Å²) in [4.78, 5) is 3.43. The number of rotatable bonds is 2. The lowest BCUT2D eigenvalue weighted by atomic mass is 9.96. The molecule has 3 heteroatoms. The molecule has 1 aromatic carbocycles. The average molecular weight is 280 g/mol. The van der Waals surface area contributed by atoms with Crippen LogP contribution in [0.25, 0.3) is 10.9 Å². The Labute approximate surface area is 103 Å². The zero-order chi connectivity index (χ0) is 11.3. The second kappa shape index (κ2) is 3.34. The number of aliphatic hydroxyl groups is 1. The lowest BCUT2D eigenvalue weighted by molar-refractivity contribution is 0.149. The molecule has 3 rings (SSSR count). The number of benzene rings is 1. The van der Waals surface area contributed by atoms with E-state index in [2.05, 4.69) is 39.1 Å². The Hall–Kier alpha value is -0.800. The summed E-state index contributed by atoms with van der Waals surface area (Å²) < 4.78 is 1.09. The summed E-state index contributed by atoms with van der Waals surface area (Å²) >= 11 is 3.47. The quantitative estimate of drug-likeness (QED) is 0.869. The van der Waals surface area contributed by atoms with Crippen LogP contribution in [0, 0.1) is 0 Å². The molecule has 0 saturated heterocycles. The summed E-state index contributed by atoms with van der Waals surface area (Å²) in [6.07, 6.45) is 1.89. The molecule has 1 unspecified atom stereocenters. The van der Waals surface area contributed by atoms with E-state index in [-0.39, 0.29) is 11.5 Å². The average Bonchev–Trinajstić information content (AvgIpc) is 2.94. The molecule has 2 aromatic rings. The first kappa shape index (κ1) is 10.4. The van der Waals surface area contributed by atoms with Crippen LogP contribution in [-0.2, 0) is 5.41 Å². The number of H-pyrrole nitrogens is 1. The molecule has 0 radical (unpaired) electrons. The van der Waals surface area contributed by atoms with Crippen LogP contribution in [0.5, 0.6) is 0 Å². The molecule has 1 heterocycles. The van der Waals surface area contributed by atoms with E-state index in [1.165, 1.54) is 11.1 Å². The Balaban J connectivity index is 2.12. The van der Waals surface area contributed by atoms with Gasteiger partial charge in [-0.05, 0) is 44.0 Å². The molecule has 84 valence electrons. The summed E-state index contributed by atoms with van der Waals surface area (Å²) in [5.41, 5.74) is 2.31. The summed E-state index contributed by atoms with van der Waals surface area (Å²) in [5.74, 6) is 0. The van der Waals surface area contributed by atoms with Crippen LogP contribution in [-0.4, -0.2) is 16.2 Å². The van der Waals surface area contributed by atoms with Crippen molar-refractivity contribution in [1.82, 2.24) is 4.98 Å². The molecule has 1 atom stereocenters. The van der Waals surface area contributed by atoms with Gasteiger partial charge in [0.15, 0.2) is 0 Å². The van der Waals surface area contributed by atoms with Gasteiger partial charge in [0, 0.05) is 26.5 Å². The van der Waals surface area contributed by atoms with E-state index in [4.69, 9.17) is 0 Å². The predicted octanol–water partition coefficient (Wildman–Crippen LogP) is 3.34. The molecule has 0 bridgehead atoms. The minimum absolute atomic E-state index is 0.00844. The predicted molar refractivity (Wildman–Crippen MR) is 68.6 cm³/mol. The highest BCUT2D eigenvalue weighted by Crippen LogP contribution is 2.51. The first-order chi connectivity index (χ1) is 7.62. The molecule has 0 spiro atoms. The van der Waals surface area contributed by atoms with Crippen molar-refractivity contribution in [3.8, 4) is 0 Å². The van der Waals surface area contributed by atoms with Crippen molar-refractivity contribution in [3.05, 3.63) is 34.4 Å². The zero-order valence-corrected chi connectivity index (χ0v) is 10.7. The Morgan fingerprint density at radius 1 is 1.38 bits per heavy atom. The molecular weight excluding hydrogens is 266 g/mol. The molecule has 2 N–H and O–H groups in total. The number of aliphatic hydroxyl groups excluding tert-OH is 1. The molecule has 1 saturated carbocycles. The van der Waals surface area contributed by atoms with Gasteiger partial charge in [-0.25, -0.2) is 0 Å². The van der Waals surface area contributed by atoms with E-state index >= 15 is 0 Å². The van der Waals surface area contributed by atoms with Crippen LogP contribution in [0.3, 0.4) is 0 Å². The van der Waals surface area contributed by atoms with Gasteiger partial charge in [0.2, 0.25) is 0 Å². The normalized spacial score (nSPS) is 19.9. The van der Waals surface area contributed by atoms with E-state index in [1.54, 1.807) is 0 Å². The fourth-order valence-electron chi connectivity index (χ4n) is 2.42. The molecule has 2 nitrogen and oxygen atoms in total. The summed E-state index contributed by atoms with van der Waals surface area (Å²) in [6.45, 7) is 1.88. The number of aromatic nitrogens is 1. The first-order valence-electron chi connectivity index (χ1n) is 5.59. The topological polar surface area (TPSA) is 36.0 Å². The minimum Gasteiger partial charge on any atom is -0.392 e. The molecule has 0 amide bonds. The Bertz CT molecular complexity index is 540. The van der Waals surface area contributed by atoms with E-state index in [1.807, 2.05) is 13.0 Å². The van der Waals surface area contributed by atoms with Crippen LogP contribution < -0.4 is 0 Å². The molecular formula is C13H14BrNO. The fraction of sp³-hybridized carbons (Fsp3) is 0.385. The van der Waals surface area contributed by atoms with Crippen LogP contribution in [0.1, 0.15) is 25.5 Å². The van der Waals surface area contributed by atoms with Crippen molar-refractivity contribution < 1.29 is 5.11 Å². The van der Waals surface area contributed by atoms with E-state index in [0.29, 0.717) is 0 Å². The second-order valence-corrected chi connectivity index (χ2v) is 5.66. The van der Waals surface area contributed by atoms with Crippen LogP contribution in [0.2, 0.25) is 0 Å². The van der Waals surface area contributed by atoms with Gasteiger partial charge in [-0.3, -0.25) is 0 Å². The van der Waals surface area contributed by atoms with Gasteiger partial charge in [-0.1, -0.05) is 15.9 Å². The van der Waals surface area contributed by atoms with E-state index in [0.717, 1.165) is 22.8 Å². The van der Waals surface area contributed by atoms with E-state index in [9.17, 15) is 5.11 Å². The van der Waals surface area contributed by atoms with Gasteiger partial charge in [0.25, 0.3) is 0 Å².